The summed E-state index contributed by atoms with van der Waals surface area (Å²) in [4.78, 5) is 15.2. The molecule has 2 amide bonds. The van der Waals surface area contributed by atoms with E-state index in [1.165, 1.54) is 19.3 Å². The monoisotopic (exact) mass is 458 g/mol. The Kier molecular flexibility index (Phi) is 5.43. The fraction of sp³-hybridized carbons (Fsp3) is 0.542. The van der Waals surface area contributed by atoms with E-state index in [1.807, 2.05) is 12.1 Å². The largest absolute Gasteiger partial charge is 0.467 e. The molecule has 0 saturated heterocycles. The zero-order valence-corrected chi connectivity index (χ0v) is 19.1. The Bertz CT molecular complexity index is 1030. The molecule has 1 N–H and O–H groups in total. The van der Waals surface area contributed by atoms with Crippen LogP contribution < -0.4 is 9.50 Å². The van der Waals surface area contributed by atoms with Crippen LogP contribution in [-0.2, 0) is 23.2 Å². The molecule has 0 aliphatic heterocycles. The molecule has 6 rings (SSSR count). The summed E-state index contributed by atoms with van der Waals surface area (Å²) in [5.74, 6) is 3.24. The Morgan fingerprint density at radius 3 is 2.22 bits per heavy atom. The van der Waals surface area contributed by atoms with Gasteiger partial charge < -0.3 is 18.8 Å². The lowest BCUT2D eigenvalue weighted by molar-refractivity contribution is -0.0160. The summed E-state index contributed by atoms with van der Waals surface area (Å²) in [6.07, 6.45) is 9.89. The van der Waals surface area contributed by atoms with E-state index in [2.05, 4.69) is 5.32 Å². The molecule has 7 nitrogen and oxygen atoms in total. The van der Waals surface area contributed by atoms with Crippen molar-refractivity contribution in [2.24, 2.45) is 17.8 Å². The van der Waals surface area contributed by atoms with Crippen molar-refractivity contribution in [2.45, 2.75) is 57.2 Å². The third-order valence-electron chi connectivity index (χ3n) is 7.17. The molecular formula is C24H30N2O5S. The molecule has 172 valence electrons. The Morgan fingerprint density at radius 1 is 1.06 bits per heavy atom. The second-order valence-corrected chi connectivity index (χ2v) is 11.6. The summed E-state index contributed by atoms with van der Waals surface area (Å²) in [5, 5.41) is 3.44. The molecule has 0 radical (unpaired) electrons. The van der Waals surface area contributed by atoms with Gasteiger partial charge in [0.1, 0.15) is 11.5 Å². The quantitative estimate of drug-likeness (QED) is 0.625. The van der Waals surface area contributed by atoms with Gasteiger partial charge in [0.15, 0.2) is 0 Å². The topological polar surface area (TPSA) is 88.9 Å². The fourth-order valence-electron chi connectivity index (χ4n) is 6.41. The third kappa shape index (κ3) is 4.80. The van der Waals surface area contributed by atoms with Crippen LogP contribution in [0.4, 0.5) is 4.79 Å². The first-order valence-corrected chi connectivity index (χ1v) is 13.1. The van der Waals surface area contributed by atoms with Gasteiger partial charge in [-0.2, -0.15) is 8.42 Å². The first-order valence-electron chi connectivity index (χ1n) is 11.3. The highest BCUT2D eigenvalue weighted by Gasteiger charge is 2.51. The lowest BCUT2D eigenvalue weighted by atomic mass is 9.53. The normalized spacial score (nSPS) is 28.5. The first kappa shape index (κ1) is 21.4. The van der Waals surface area contributed by atoms with E-state index in [4.69, 9.17) is 8.60 Å². The number of rotatable bonds is 7. The molecule has 4 saturated carbocycles. The van der Waals surface area contributed by atoms with E-state index in [1.54, 1.807) is 35.4 Å². The molecule has 0 unspecified atom stereocenters. The van der Waals surface area contributed by atoms with E-state index in [0.29, 0.717) is 13.1 Å². The average molecular weight is 459 g/mol. The summed E-state index contributed by atoms with van der Waals surface area (Å²) in [5.41, 5.74) is 0.818. The van der Waals surface area contributed by atoms with Crippen LogP contribution in [0.25, 0.3) is 0 Å². The molecule has 4 aliphatic rings. The third-order valence-corrected chi connectivity index (χ3v) is 7.66. The van der Waals surface area contributed by atoms with Gasteiger partial charge >= 0.3 is 16.1 Å². The summed E-state index contributed by atoms with van der Waals surface area (Å²) < 4.78 is 33.1. The first-order chi connectivity index (χ1) is 15.3. The van der Waals surface area contributed by atoms with E-state index in [-0.39, 0.29) is 17.3 Å². The minimum atomic E-state index is -3.57. The molecule has 4 bridgehead atoms. The second kappa shape index (κ2) is 8.14. The molecule has 2 aromatic rings. The van der Waals surface area contributed by atoms with Crippen molar-refractivity contribution in [2.75, 3.05) is 6.26 Å². The lowest BCUT2D eigenvalue weighted by Gasteiger charge is -2.57. The summed E-state index contributed by atoms with van der Waals surface area (Å²) >= 11 is 0. The molecule has 1 aromatic heterocycles. The van der Waals surface area contributed by atoms with Crippen molar-refractivity contribution in [1.82, 2.24) is 10.2 Å². The number of benzene rings is 1. The van der Waals surface area contributed by atoms with Crippen LogP contribution in [0.15, 0.2) is 47.1 Å². The summed E-state index contributed by atoms with van der Waals surface area (Å²) in [6, 6.07) is 10.4. The predicted octanol–water partition coefficient (Wildman–Crippen LogP) is 4.30. The minimum absolute atomic E-state index is 0.0690. The van der Waals surface area contributed by atoms with Gasteiger partial charge in [0.05, 0.1) is 19.1 Å². The van der Waals surface area contributed by atoms with Crippen molar-refractivity contribution in [3.05, 3.63) is 54.0 Å². The Morgan fingerprint density at radius 2 is 1.69 bits per heavy atom. The van der Waals surface area contributed by atoms with E-state index < -0.39 is 10.1 Å². The maximum absolute atomic E-state index is 13.5. The van der Waals surface area contributed by atoms with E-state index >= 15 is 0 Å². The number of nitrogens with zero attached hydrogens (tertiary/aromatic N) is 1. The van der Waals surface area contributed by atoms with Crippen molar-refractivity contribution in [1.29, 1.82) is 0 Å². The molecule has 0 spiro atoms. The van der Waals surface area contributed by atoms with Crippen LogP contribution in [0.2, 0.25) is 0 Å². The zero-order valence-electron chi connectivity index (χ0n) is 18.3. The van der Waals surface area contributed by atoms with Gasteiger partial charge in [0, 0.05) is 12.1 Å². The SMILES string of the molecule is CS(=O)(=O)Oc1ccc(CN(Cc2ccco2)C(=O)NC23CC4CC(CC(C4)C2)C3)cc1. The lowest BCUT2D eigenvalue weighted by Crippen LogP contribution is -2.61. The van der Waals surface area contributed by atoms with Gasteiger partial charge in [0.2, 0.25) is 0 Å². The number of nitrogens with one attached hydrogen (secondary N) is 1. The number of urea groups is 1. The van der Waals surface area contributed by atoms with Crippen LogP contribution in [0.3, 0.4) is 0 Å². The average Bonchev–Trinajstić information content (AvgIpc) is 3.19. The zero-order chi connectivity index (χ0) is 22.3. The Balaban J connectivity index is 1.31. The Hall–Kier alpha value is -2.48. The van der Waals surface area contributed by atoms with Gasteiger partial charge in [-0.05, 0) is 86.1 Å². The van der Waals surface area contributed by atoms with Crippen LogP contribution in [-0.4, -0.2) is 31.1 Å². The van der Waals surface area contributed by atoms with Gasteiger partial charge in [0.25, 0.3) is 0 Å². The molecular weight excluding hydrogens is 428 g/mol. The maximum atomic E-state index is 13.5. The molecule has 32 heavy (non-hydrogen) atoms. The molecule has 4 fully saturated rings. The number of furan rings is 1. The van der Waals surface area contributed by atoms with Gasteiger partial charge in [-0.15, -0.1) is 0 Å². The van der Waals surface area contributed by atoms with Crippen molar-refractivity contribution < 1.29 is 21.8 Å². The highest BCUT2D eigenvalue weighted by Crippen LogP contribution is 2.55. The number of hydrogen-bond donors (Lipinski definition) is 1. The van der Waals surface area contributed by atoms with Gasteiger partial charge in [-0.3, -0.25) is 0 Å². The van der Waals surface area contributed by atoms with Crippen molar-refractivity contribution >= 4 is 16.1 Å². The number of hydrogen-bond acceptors (Lipinski definition) is 5. The van der Waals surface area contributed by atoms with Crippen LogP contribution in [0, 0.1) is 17.8 Å². The molecule has 4 aliphatic carbocycles. The predicted molar refractivity (Wildman–Crippen MR) is 119 cm³/mol. The minimum Gasteiger partial charge on any atom is -0.467 e. The summed E-state index contributed by atoms with van der Waals surface area (Å²) in [7, 11) is -3.57. The number of carbonyl (C=O) groups excluding carboxylic acids is 1. The molecule has 0 atom stereocenters. The van der Waals surface area contributed by atoms with E-state index in [9.17, 15) is 13.2 Å². The highest BCUT2D eigenvalue weighted by atomic mass is 32.2. The second-order valence-electron chi connectivity index (χ2n) is 9.99. The van der Waals surface area contributed by atoms with Gasteiger partial charge in [-0.1, -0.05) is 12.1 Å². The van der Waals surface area contributed by atoms with Crippen LogP contribution in [0.1, 0.15) is 49.8 Å². The molecule has 8 heteroatoms. The number of carbonyl (C=O) groups is 1. The van der Waals surface area contributed by atoms with E-state index in [0.717, 1.165) is 54.6 Å². The maximum Gasteiger partial charge on any atom is 0.318 e. The van der Waals surface area contributed by atoms with Gasteiger partial charge in [-0.25, -0.2) is 4.79 Å². The highest BCUT2D eigenvalue weighted by molar-refractivity contribution is 7.86. The number of amides is 2. The standard InChI is InChI=1S/C24H30N2O5S/c1-32(28,29)31-21-6-4-17(5-7-21)15-26(16-22-3-2-8-30-22)23(27)25-24-12-18-9-19(13-24)11-20(10-18)14-24/h2-8,18-20H,9-16H2,1H3,(H,25,27). The fourth-order valence-corrected chi connectivity index (χ4v) is 6.87. The Labute approximate surface area is 189 Å². The summed E-state index contributed by atoms with van der Waals surface area (Å²) in [6.45, 7) is 0.755. The molecule has 1 heterocycles. The van der Waals surface area contributed by atoms with Crippen LogP contribution >= 0.6 is 0 Å². The smallest absolute Gasteiger partial charge is 0.318 e. The van der Waals surface area contributed by atoms with Crippen molar-refractivity contribution in [3.63, 3.8) is 0 Å². The van der Waals surface area contributed by atoms with Crippen molar-refractivity contribution in [3.8, 4) is 5.75 Å². The molecule has 1 aromatic carbocycles. The van der Waals surface area contributed by atoms with Crippen LogP contribution in [0.5, 0.6) is 5.75 Å².